The van der Waals surface area contributed by atoms with E-state index in [0.717, 1.165) is 6.42 Å². The first-order valence-corrected chi connectivity index (χ1v) is 5.89. The largest absolute Gasteiger partial charge is 0.394 e. The molecule has 88 valence electrons. The van der Waals surface area contributed by atoms with Crippen LogP contribution in [-0.2, 0) is 4.79 Å². The van der Waals surface area contributed by atoms with E-state index in [1.165, 1.54) is 25.7 Å². The molecule has 0 heterocycles. The Bertz CT molecular complexity index is 187. The summed E-state index contributed by atoms with van der Waals surface area (Å²) >= 11 is 0. The molecule has 0 aliphatic heterocycles. The van der Waals surface area contributed by atoms with Gasteiger partial charge < -0.3 is 15.7 Å². The van der Waals surface area contributed by atoms with Gasteiger partial charge >= 0.3 is 0 Å². The second-order valence-electron chi connectivity index (χ2n) is 4.22. The van der Waals surface area contributed by atoms with E-state index in [0.29, 0.717) is 12.6 Å². The first-order valence-electron chi connectivity index (χ1n) is 5.89. The van der Waals surface area contributed by atoms with Crippen molar-refractivity contribution >= 4 is 5.91 Å². The third-order valence-electron chi connectivity index (χ3n) is 2.98. The molecule has 4 nitrogen and oxygen atoms in total. The second kappa shape index (κ2) is 6.80. The number of amides is 1. The highest BCUT2D eigenvalue weighted by Gasteiger charge is 2.16. The lowest BCUT2D eigenvalue weighted by molar-refractivity contribution is -0.121. The van der Waals surface area contributed by atoms with Gasteiger partial charge in [-0.3, -0.25) is 4.79 Å². The van der Waals surface area contributed by atoms with Gasteiger partial charge in [0.15, 0.2) is 0 Å². The summed E-state index contributed by atoms with van der Waals surface area (Å²) in [4.78, 5) is 11.4. The van der Waals surface area contributed by atoms with Gasteiger partial charge in [-0.05, 0) is 19.3 Å². The quantitative estimate of drug-likeness (QED) is 0.600. The molecule has 0 aromatic carbocycles. The maximum Gasteiger partial charge on any atom is 0.234 e. The molecule has 0 aromatic rings. The fourth-order valence-electron chi connectivity index (χ4n) is 1.92. The number of hydrogen-bond donors (Lipinski definition) is 3. The summed E-state index contributed by atoms with van der Waals surface area (Å²) in [5.74, 6) is -0.0113. The number of carbonyl (C=O) groups excluding carboxylic acids is 1. The van der Waals surface area contributed by atoms with Crippen molar-refractivity contribution in [3.8, 4) is 0 Å². The number of nitrogens with one attached hydrogen (secondary N) is 2. The molecule has 0 unspecified atom stereocenters. The number of hydrogen-bond acceptors (Lipinski definition) is 3. The average molecular weight is 214 g/mol. The lowest BCUT2D eigenvalue weighted by Gasteiger charge is -2.16. The van der Waals surface area contributed by atoms with Crippen molar-refractivity contribution in [2.45, 2.75) is 51.1 Å². The topological polar surface area (TPSA) is 61.4 Å². The molecule has 4 heteroatoms. The predicted molar refractivity (Wildman–Crippen MR) is 59.6 cm³/mol. The van der Waals surface area contributed by atoms with E-state index in [4.69, 9.17) is 5.11 Å². The van der Waals surface area contributed by atoms with Crippen LogP contribution >= 0.6 is 0 Å². The highest BCUT2D eigenvalue weighted by molar-refractivity contribution is 5.78. The summed E-state index contributed by atoms with van der Waals surface area (Å²) in [6.45, 7) is 2.35. The van der Waals surface area contributed by atoms with E-state index < -0.39 is 0 Å². The summed E-state index contributed by atoms with van der Waals surface area (Å²) in [5.41, 5.74) is 0. The van der Waals surface area contributed by atoms with Crippen LogP contribution in [0.15, 0.2) is 0 Å². The van der Waals surface area contributed by atoms with Crippen molar-refractivity contribution in [2.75, 3.05) is 13.2 Å². The highest BCUT2D eigenvalue weighted by atomic mass is 16.3. The molecule has 0 spiro atoms. The maximum atomic E-state index is 11.4. The van der Waals surface area contributed by atoms with E-state index >= 15 is 0 Å². The number of rotatable bonds is 6. The molecule has 3 N–H and O–H groups in total. The van der Waals surface area contributed by atoms with Crippen LogP contribution in [0, 0.1) is 0 Å². The molecule has 0 bridgehead atoms. The van der Waals surface area contributed by atoms with E-state index in [-0.39, 0.29) is 18.6 Å². The summed E-state index contributed by atoms with van der Waals surface area (Å²) in [6.07, 6.45) is 5.68. The van der Waals surface area contributed by atoms with Gasteiger partial charge in [-0.15, -0.1) is 0 Å². The molecule has 0 saturated heterocycles. The van der Waals surface area contributed by atoms with E-state index in [9.17, 15) is 4.79 Å². The van der Waals surface area contributed by atoms with Crippen LogP contribution in [0.1, 0.15) is 39.0 Å². The van der Waals surface area contributed by atoms with Crippen LogP contribution in [0.3, 0.4) is 0 Å². The zero-order valence-electron chi connectivity index (χ0n) is 9.46. The van der Waals surface area contributed by atoms with Crippen LogP contribution in [-0.4, -0.2) is 36.2 Å². The first-order chi connectivity index (χ1) is 7.26. The average Bonchev–Trinajstić information content (AvgIpc) is 2.75. The summed E-state index contributed by atoms with van der Waals surface area (Å²) in [7, 11) is 0. The third kappa shape index (κ3) is 4.62. The summed E-state index contributed by atoms with van der Waals surface area (Å²) in [5, 5.41) is 14.9. The first kappa shape index (κ1) is 12.5. The Morgan fingerprint density at radius 2 is 2.13 bits per heavy atom. The second-order valence-corrected chi connectivity index (χ2v) is 4.22. The molecular weight excluding hydrogens is 192 g/mol. The Labute approximate surface area is 91.4 Å². The molecule has 1 aliphatic carbocycles. The molecule has 1 rings (SSSR count). The van der Waals surface area contributed by atoms with Crippen LogP contribution in [0.25, 0.3) is 0 Å². The highest BCUT2D eigenvalue weighted by Crippen LogP contribution is 2.17. The molecule has 0 aromatic heterocycles. The lowest BCUT2D eigenvalue weighted by atomic mass is 10.2. The molecule has 1 atom stereocenters. The van der Waals surface area contributed by atoms with E-state index in [1.807, 2.05) is 6.92 Å². The van der Waals surface area contributed by atoms with Gasteiger partial charge in [0.1, 0.15) is 0 Å². The van der Waals surface area contributed by atoms with Crippen LogP contribution in [0.5, 0.6) is 0 Å². The zero-order valence-corrected chi connectivity index (χ0v) is 9.46. The third-order valence-corrected chi connectivity index (χ3v) is 2.98. The van der Waals surface area contributed by atoms with Crippen molar-refractivity contribution < 1.29 is 9.90 Å². The standard InChI is InChI=1S/C11H22N2O2/c1-2-9(8-14)13-11(15)7-12-10-5-3-4-6-10/h9-10,12,14H,2-8H2,1H3,(H,13,15)/t9-/m0/s1. The van der Waals surface area contributed by atoms with E-state index in [2.05, 4.69) is 10.6 Å². The predicted octanol–water partition coefficient (Wildman–Crippen LogP) is 0.406. The normalized spacial score (nSPS) is 19.1. The van der Waals surface area contributed by atoms with Gasteiger partial charge in [0.2, 0.25) is 5.91 Å². The van der Waals surface area contributed by atoms with Crippen LogP contribution < -0.4 is 10.6 Å². The van der Waals surface area contributed by atoms with Crippen molar-refractivity contribution in [3.05, 3.63) is 0 Å². The van der Waals surface area contributed by atoms with Gasteiger partial charge in [0, 0.05) is 6.04 Å². The molecule has 1 saturated carbocycles. The minimum absolute atomic E-state index is 0.0113. The number of aliphatic hydroxyl groups is 1. The Balaban J connectivity index is 2.11. The van der Waals surface area contributed by atoms with Crippen molar-refractivity contribution in [2.24, 2.45) is 0 Å². The Morgan fingerprint density at radius 1 is 1.47 bits per heavy atom. The van der Waals surface area contributed by atoms with Gasteiger partial charge in [-0.1, -0.05) is 19.8 Å². The van der Waals surface area contributed by atoms with Gasteiger partial charge in [-0.25, -0.2) is 0 Å². The van der Waals surface area contributed by atoms with Crippen molar-refractivity contribution in [3.63, 3.8) is 0 Å². The molecule has 15 heavy (non-hydrogen) atoms. The number of aliphatic hydroxyl groups excluding tert-OH is 1. The van der Waals surface area contributed by atoms with Crippen molar-refractivity contribution in [1.82, 2.24) is 10.6 Å². The zero-order chi connectivity index (χ0) is 11.1. The Kier molecular flexibility index (Phi) is 5.65. The minimum atomic E-state index is -0.0946. The fraction of sp³-hybridized carbons (Fsp3) is 0.909. The monoisotopic (exact) mass is 214 g/mol. The molecule has 0 radical (unpaired) electrons. The SMILES string of the molecule is CC[C@@H](CO)NC(=O)CNC1CCCC1. The summed E-state index contributed by atoms with van der Waals surface area (Å²) in [6, 6.07) is 0.424. The summed E-state index contributed by atoms with van der Waals surface area (Å²) < 4.78 is 0. The van der Waals surface area contributed by atoms with Gasteiger partial charge in [0.05, 0.1) is 19.2 Å². The maximum absolute atomic E-state index is 11.4. The van der Waals surface area contributed by atoms with Crippen molar-refractivity contribution in [1.29, 1.82) is 0 Å². The van der Waals surface area contributed by atoms with Crippen LogP contribution in [0.4, 0.5) is 0 Å². The molecule has 1 fully saturated rings. The minimum Gasteiger partial charge on any atom is -0.394 e. The smallest absolute Gasteiger partial charge is 0.234 e. The fourth-order valence-corrected chi connectivity index (χ4v) is 1.92. The molecular formula is C11H22N2O2. The van der Waals surface area contributed by atoms with Crippen LogP contribution in [0.2, 0.25) is 0 Å². The van der Waals surface area contributed by atoms with Gasteiger partial charge in [0.25, 0.3) is 0 Å². The molecule has 1 amide bonds. The van der Waals surface area contributed by atoms with E-state index in [1.54, 1.807) is 0 Å². The number of carbonyl (C=O) groups is 1. The lowest BCUT2D eigenvalue weighted by Crippen LogP contribution is -2.43. The Hall–Kier alpha value is -0.610. The van der Waals surface area contributed by atoms with Gasteiger partial charge in [-0.2, -0.15) is 0 Å². The Morgan fingerprint density at radius 3 is 2.67 bits per heavy atom. The molecule has 1 aliphatic rings.